The van der Waals surface area contributed by atoms with Crippen molar-refractivity contribution in [3.8, 4) is 22.8 Å². The maximum Gasteiger partial charge on any atom is 0.291 e. The molecular weight excluding hydrogens is 562 g/mol. The first kappa shape index (κ1) is 26.4. The SMILES string of the molecule is COc1cc(OC)cc(C(=O)N2CCN(c3ccc(NC(=O)c4ccc(-c5ccc(Br)cc5)o4)cc3)CC2)c1. The smallest absolute Gasteiger partial charge is 0.291 e. The molecule has 200 valence electrons. The van der Waals surface area contributed by atoms with Crippen molar-refractivity contribution in [3.63, 3.8) is 0 Å². The fraction of sp³-hybridized carbons (Fsp3) is 0.200. The molecule has 0 atom stereocenters. The van der Waals surface area contributed by atoms with E-state index in [1.54, 1.807) is 44.6 Å². The summed E-state index contributed by atoms with van der Waals surface area (Å²) in [5, 5.41) is 2.89. The van der Waals surface area contributed by atoms with Crippen LogP contribution in [0.25, 0.3) is 11.3 Å². The van der Waals surface area contributed by atoms with Gasteiger partial charge in [0.25, 0.3) is 11.8 Å². The minimum atomic E-state index is -0.313. The van der Waals surface area contributed by atoms with Crippen LogP contribution in [0.1, 0.15) is 20.9 Å². The average molecular weight is 590 g/mol. The van der Waals surface area contributed by atoms with E-state index in [1.807, 2.05) is 53.4 Å². The topological polar surface area (TPSA) is 84.3 Å². The number of hydrogen-bond acceptors (Lipinski definition) is 6. The second-order valence-electron chi connectivity index (χ2n) is 9.05. The van der Waals surface area contributed by atoms with E-state index >= 15 is 0 Å². The normalized spacial score (nSPS) is 13.2. The number of carbonyl (C=O) groups is 2. The Hall–Kier alpha value is -4.24. The van der Waals surface area contributed by atoms with Crippen LogP contribution < -0.4 is 19.7 Å². The van der Waals surface area contributed by atoms with Gasteiger partial charge < -0.3 is 29.0 Å². The van der Waals surface area contributed by atoms with Crippen molar-refractivity contribution >= 4 is 39.1 Å². The Morgan fingerprint density at radius 3 is 2.08 bits per heavy atom. The van der Waals surface area contributed by atoms with Crippen molar-refractivity contribution in [1.82, 2.24) is 4.90 Å². The van der Waals surface area contributed by atoms with Gasteiger partial charge in [0.2, 0.25) is 0 Å². The summed E-state index contributed by atoms with van der Waals surface area (Å²) in [6.07, 6.45) is 0. The van der Waals surface area contributed by atoms with Gasteiger partial charge in [-0.15, -0.1) is 0 Å². The number of methoxy groups -OCH3 is 2. The van der Waals surface area contributed by atoms with Gasteiger partial charge in [0.1, 0.15) is 17.3 Å². The van der Waals surface area contributed by atoms with Gasteiger partial charge in [-0.2, -0.15) is 0 Å². The Balaban J connectivity index is 1.17. The Bertz CT molecular complexity index is 1440. The summed E-state index contributed by atoms with van der Waals surface area (Å²) in [5.41, 5.74) is 3.14. The summed E-state index contributed by atoms with van der Waals surface area (Å²) in [5.74, 6) is 1.68. The first-order valence-electron chi connectivity index (χ1n) is 12.5. The minimum Gasteiger partial charge on any atom is -0.497 e. The summed E-state index contributed by atoms with van der Waals surface area (Å²) in [4.78, 5) is 29.9. The Morgan fingerprint density at radius 2 is 1.46 bits per heavy atom. The molecule has 1 fully saturated rings. The third kappa shape index (κ3) is 6.09. The van der Waals surface area contributed by atoms with Crippen LogP contribution in [0.5, 0.6) is 11.5 Å². The van der Waals surface area contributed by atoms with Crippen LogP contribution in [0.15, 0.2) is 87.8 Å². The highest BCUT2D eigenvalue weighted by molar-refractivity contribution is 9.10. The zero-order valence-electron chi connectivity index (χ0n) is 21.6. The van der Waals surface area contributed by atoms with Gasteiger partial charge in [-0.3, -0.25) is 9.59 Å². The van der Waals surface area contributed by atoms with Crippen molar-refractivity contribution < 1.29 is 23.5 Å². The van der Waals surface area contributed by atoms with Crippen LogP contribution in [0.3, 0.4) is 0 Å². The first-order valence-corrected chi connectivity index (χ1v) is 13.3. The van der Waals surface area contributed by atoms with E-state index in [9.17, 15) is 9.59 Å². The largest absolute Gasteiger partial charge is 0.497 e. The quantitative estimate of drug-likeness (QED) is 0.287. The average Bonchev–Trinajstić information content (AvgIpc) is 3.48. The number of ether oxygens (including phenoxy) is 2. The van der Waals surface area contributed by atoms with Crippen LogP contribution >= 0.6 is 15.9 Å². The monoisotopic (exact) mass is 589 g/mol. The fourth-order valence-corrected chi connectivity index (χ4v) is 4.72. The number of nitrogens with zero attached hydrogens (tertiary/aromatic N) is 2. The number of amides is 2. The van der Waals surface area contributed by atoms with Crippen molar-refractivity contribution in [3.05, 3.63) is 94.7 Å². The number of benzene rings is 3. The minimum absolute atomic E-state index is 0.0499. The van der Waals surface area contributed by atoms with Crippen LogP contribution in [-0.2, 0) is 0 Å². The van der Waals surface area contributed by atoms with E-state index in [4.69, 9.17) is 13.9 Å². The highest BCUT2D eigenvalue weighted by Crippen LogP contribution is 2.26. The number of piperazine rings is 1. The van der Waals surface area contributed by atoms with Crippen LogP contribution in [0.2, 0.25) is 0 Å². The molecule has 9 heteroatoms. The zero-order valence-corrected chi connectivity index (χ0v) is 23.2. The van der Waals surface area contributed by atoms with Gasteiger partial charge in [0, 0.05) is 59.2 Å². The van der Waals surface area contributed by atoms with Crippen LogP contribution in [0.4, 0.5) is 11.4 Å². The molecule has 1 aliphatic rings. The van der Waals surface area contributed by atoms with Crippen LogP contribution in [0, 0.1) is 0 Å². The van der Waals surface area contributed by atoms with Crippen molar-refractivity contribution in [2.45, 2.75) is 0 Å². The van der Waals surface area contributed by atoms with Gasteiger partial charge in [0.05, 0.1) is 14.2 Å². The Labute approximate surface area is 235 Å². The van der Waals surface area contributed by atoms with Crippen molar-refractivity contribution in [2.75, 3.05) is 50.6 Å². The molecule has 1 aliphatic heterocycles. The number of halogens is 1. The van der Waals surface area contributed by atoms with E-state index in [0.717, 1.165) is 15.7 Å². The highest BCUT2D eigenvalue weighted by Gasteiger charge is 2.23. The van der Waals surface area contributed by atoms with Gasteiger partial charge in [-0.05, 0) is 60.7 Å². The molecule has 4 aromatic rings. The van der Waals surface area contributed by atoms with Crippen LogP contribution in [-0.4, -0.2) is 57.1 Å². The standard InChI is InChI=1S/C30H28BrN3O5/c1-37-25-17-21(18-26(19-25)38-2)30(36)34-15-13-33(14-16-34)24-9-7-23(8-10-24)32-29(35)28-12-11-27(39-28)20-3-5-22(31)6-4-20/h3-12,17-19H,13-16H2,1-2H3,(H,32,35). The highest BCUT2D eigenvalue weighted by atomic mass is 79.9. The summed E-state index contributed by atoms with van der Waals surface area (Å²) in [7, 11) is 3.13. The van der Waals surface area contributed by atoms with Gasteiger partial charge in [0.15, 0.2) is 5.76 Å². The van der Waals surface area contributed by atoms with E-state index < -0.39 is 0 Å². The second-order valence-corrected chi connectivity index (χ2v) is 9.97. The number of hydrogen-bond donors (Lipinski definition) is 1. The summed E-state index contributed by atoms with van der Waals surface area (Å²) in [6.45, 7) is 2.58. The third-order valence-corrected chi connectivity index (χ3v) is 7.14. The zero-order chi connectivity index (χ0) is 27.4. The second kappa shape index (κ2) is 11.7. The molecule has 39 heavy (non-hydrogen) atoms. The number of carbonyl (C=O) groups excluding carboxylic acids is 2. The van der Waals surface area contributed by atoms with Gasteiger partial charge in [-0.1, -0.05) is 28.1 Å². The molecule has 0 spiro atoms. The lowest BCUT2D eigenvalue weighted by Gasteiger charge is -2.36. The van der Waals surface area contributed by atoms with Crippen molar-refractivity contribution in [2.24, 2.45) is 0 Å². The number of rotatable bonds is 7. The molecule has 2 amide bonds. The number of nitrogens with one attached hydrogen (secondary N) is 1. The molecule has 1 saturated heterocycles. The molecule has 0 radical (unpaired) electrons. The molecule has 1 aromatic heterocycles. The molecule has 3 aromatic carbocycles. The van der Waals surface area contributed by atoms with E-state index in [2.05, 4.69) is 26.1 Å². The fourth-order valence-electron chi connectivity index (χ4n) is 4.46. The molecule has 8 nitrogen and oxygen atoms in total. The summed E-state index contributed by atoms with van der Waals surface area (Å²) < 4.78 is 17.3. The number of furan rings is 1. The molecule has 0 aliphatic carbocycles. The lowest BCUT2D eigenvalue weighted by atomic mass is 10.1. The Morgan fingerprint density at radius 1 is 0.821 bits per heavy atom. The maximum absolute atomic E-state index is 13.1. The predicted octanol–water partition coefficient (Wildman–Crippen LogP) is 5.94. The molecule has 0 unspecified atom stereocenters. The molecule has 1 N–H and O–H groups in total. The molecule has 0 bridgehead atoms. The summed E-state index contributed by atoms with van der Waals surface area (Å²) in [6, 6.07) is 24.0. The third-order valence-electron chi connectivity index (χ3n) is 6.61. The Kier molecular flexibility index (Phi) is 7.88. The molecule has 5 rings (SSSR count). The number of anilines is 2. The van der Waals surface area contributed by atoms with E-state index in [0.29, 0.717) is 54.7 Å². The first-order chi connectivity index (χ1) is 18.9. The maximum atomic E-state index is 13.1. The van der Waals surface area contributed by atoms with Gasteiger partial charge in [-0.25, -0.2) is 0 Å². The van der Waals surface area contributed by atoms with Gasteiger partial charge >= 0.3 is 0 Å². The lowest BCUT2D eigenvalue weighted by Crippen LogP contribution is -2.48. The molecular formula is C30H28BrN3O5. The van der Waals surface area contributed by atoms with Crippen molar-refractivity contribution in [1.29, 1.82) is 0 Å². The van der Waals surface area contributed by atoms with E-state index in [-0.39, 0.29) is 17.6 Å². The lowest BCUT2D eigenvalue weighted by molar-refractivity contribution is 0.0746. The molecule has 0 saturated carbocycles. The van der Waals surface area contributed by atoms with E-state index in [1.165, 1.54) is 0 Å². The molecule has 2 heterocycles. The predicted molar refractivity (Wildman–Crippen MR) is 154 cm³/mol. The summed E-state index contributed by atoms with van der Waals surface area (Å²) >= 11 is 3.42.